The van der Waals surface area contributed by atoms with Gasteiger partial charge in [-0.05, 0) is 55.6 Å². The van der Waals surface area contributed by atoms with Crippen LogP contribution in [-0.4, -0.2) is 62.4 Å². The molecule has 0 aliphatic carbocycles. The quantitative estimate of drug-likeness (QED) is 0.304. The monoisotopic (exact) mass is 567 g/mol. The van der Waals surface area contributed by atoms with Gasteiger partial charge in [-0.25, -0.2) is 4.39 Å². The van der Waals surface area contributed by atoms with Crippen LogP contribution in [0.4, 0.5) is 4.39 Å². The lowest BCUT2D eigenvalue weighted by Crippen LogP contribution is -2.42. The highest BCUT2D eigenvalue weighted by atomic mass is 127. The number of likely N-dealkylation sites (tertiary alicyclic amines) is 1. The lowest BCUT2D eigenvalue weighted by atomic mass is 9.96. The molecule has 8 heteroatoms. The van der Waals surface area contributed by atoms with Crippen molar-refractivity contribution in [1.82, 2.24) is 20.4 Å². The predicted octanol–water partition coefficient (Wildman–Crippen LogP) is 3.72. The molecule has 2 aromatic rings. The van der Waals surface area contributed by atoms with E-state index >= 15 is 0 Å². The molecule has 0 saturated carbocycles. The van der Waals surface area contributed by atoms with Gasteiger partial charge in [-0.2, -0.15) is 0 Å². The first-order valence-electron chi connectivity index (χ1n) is 11.2. The van der Waals surface area contributed by atoms with E-state index in [1.54, 1.807) is 32.1 Å². The molecule has 6 nitrogen and oxygen atoms in total. The maximum Gasteiger partial charge on any atom is 0.253 e. The highest BCUT2D eigenvalue weighted by Gasteiger charge is 2.20. The third kappa shape index (κ3) is 8.26. The molecule has 0 radical (unpaired) electrons. The Kier molecular flexibility index (Phi) is 11.1. The van der Waals surface area contributed by atoms with Crippen molar-refractivity contribution >= 4 is 35.8 Å². The summed E-state index contributed by atoms with van der Waals surface area (Å²) in [5.74, 6) is 1.22. The van der Waals surface area contributed by atoms with Gasteiger partial charge in [0.1, 0.15) is 5.82 Å². The summed E-state index contributed by atoms with van der Waals surface area (Å²) in [6, 6.07) is 14.7. The summed E-state index contributed by atoms with van der Waals surface area (Å²) in [5.41, 5.74) is 2.54. The van der Waals surface area contributed by atoms with Gasteiger partial charge in [0.2, 0.25) is 0 Å². The second-order valence-electron chi connectivity index (χ2n) is 8.51. The molecule has 180 valence electrons. The summed E-state index contributed by atoms with van der Waals surface area (Å²) < 4.78 is 13.9. The normalized spacial score (nSPS) is 15.0. The zero-order valence-electron chi connectivity index (χ0n) is 19.7. The number of piperidine rings is 1. The average Bonchev–Trinajstić information content (AvgIpc) is 2.81. The molecule has 2 N–H and O–H groups in total. The Morgan fingerprint density at radius 3 is 2.36 bits per heavy atom. The van der Waals surface area contributed by atoms with Gasteiger partial charge in [0.25, 0.3) is 5.91 Å². The maximum atomic E-state index is 13.9. The Balaban J connectivity index is 0.00000385. The number of benzene rings is 2. The Hall–Kier alpha value is -2.20. The van der Waals surface area contributed by atoms with Crippen molar-refractivity contribution in [1.29, 1.82) is 0 Å². The first-order valence-corrected chi connectivity index (χ1v) is 11.2. The van der Waals surface area contributed by atoms with E-state index in [9.17, 15) is 9.18 Å². The zero-order valence-corrected chi connectivity index (χ0v) is 22.0. The molecule has 1 saturated heterocycles. The van der Waals surface area contributed by atoms with Crippen molar-refractivity contribution in [2.75, 3.05) is 40.8 Å². The van der Waals surface area contributed by atoms with E-state index in [0.29, 0.717) is 24.6 Å². The molecule has 1 aliphatic rings. The van der Waals surface area contributed by atoms with Crippen molar-refractivity contribution < 1.29 is 9.18 Å². The number of hydrogen-bond acceptors (Lipinski definition) is 3. The molecule has 3 rings (SSSR count). The van der Waals surface area contributed by atoms with E-state index < -0.39 is 0 Å². The molecule has 0 aromatic heterocycles. The first kappa shape index (κ1) is 27.0. The molecule has 0 spiro atoms. The summed E-state index contributed by atoms with van der Waals surface area (Å²) in [4.78, 5) is 20.2. The highest BCUT2D eigenvalue weighted by Crippen LogP contribution is 2.19. The van der Waals surface area contributed by atoms with E-state index in [1.807, 2.05) is 36.4 Å². The lowest BCUT2D eigenvalue weighted by Gasteiger charge is -2.32. The lowest BCUT2D eigenvalue weighted by molar-refractivity contribution is 0.0827. The van der Waals surface area contributed by atoms with Crippen molar-refractivity contribution in [2.24, 2.45) is 10.9 Å². The smallest absolute Gasteiger partial charge is 0.253 e. The Morgan fingerprint density at radius 1 is 1.09 bits per heavy atom. The van der Waals surface area contributed by atoms with Crippen LogP contribution in [0, 0.1) is 11.7 Å². The number of nitrogens with zero attached hydrogens (tertiary/aromatic N) is 3. The molecule has 1 heterocycles. The SMILES string of the molecule is CN=C(NCc1ccc(C(=O)N(C)C)cc1)NCC1CCN(Cc2ccccc2F)CC1.I. The minimum atomic E-state index is -0.120. The van der Waals surface area contributed by atoms with Crippen LogP contribution in [-0.2, 0) is 13.1 Å². The van der Waals surface area contributed by atoms with E-state index in [1.165, 1.54) is 6.07 Å². The Morgan fingerprint density at radius 2 is 1.76 bits per heavy atom. The van der Waals surface area contributed by atoms with Crippen LogP contribution in [0.3, 0.4) is 0 Å². The number of amides is 1. The second-order valence-corrected chi connectivity index (χ2v) is 8.51. The fraction of sp³-hybridized carbons (Fsp3) is 0.440. The number of halogens is 2. The zero-order chi connectivity index (χ0) is 22.9. The number of rotatable bonds is 7. The van der Waals surface area contributed by atoms with Crippen molar-refractivity contribution in [2.45, 2.75) is 25.9 Å². The maximum absolute atomic E-state index is 13.9. The average molecular weight is 567 g/mol. The molecule has 1 aliphatic heterocycles. The van der Waals surface area contributed by atoms with Crippen LogP contribution >= 0.6 is 24.0 Å². The summed E-state index contributed by atoms with van der Waals surface area (Å²) >= 11 is 0. The fourth-order valence-electron chi connectivity index (χ4n) is 3.89. The van der Waals surface area contributed by atoms with Crippen molar-refractivity contribution in [3.63, 3.8) is 0 Å². The number of carbonyl (C=O) groups excluding carboxylic acids is 1. The van der Waals surface area contributed by atoms with Gasteiger partial charge in [0, 0.05) is 51.9 Å². The van der Waals surface area contributed by atoms with Crippen molar-refractivity contribution in [3.05, 3.63) is 71.0 Å². The third-order valence-electron chi connectivity index (χ3n) is 5.91. The third-order valence-corrected chi connectivity index (χ3v) is 5.91. The number of guanidine groups is 1. The summed E-state index contributed by atoms with van der Waals surface area (Å²) in [5, 5.41) is 6.76. The number of carbonyl (C=O) groups is 1. The van der Waals surface area contributed by atoms with Crippen LogP contribution in [0.2, 0.25) is 0 Å². The molecular formula is C25H35FIN5O. The number of aliphatic imine (C=N–C) groups is 1. The topological polar surface area (TPSA) is 60.0 Å². The minimum absolute atomic E-state index is 0. The number of nitrogens with one attached hydrogen (secondary N) is 2. The van der Waals surface area contributed by atoms with Crippen LogP contribution in [0.25, 0.3) is 0 Å². The van der Waals surface area contributed by atoms with Gasteiger partial charge in [-0.15, -0.1) is 24.0 Å². The van der Waals surface area contributed by atoms with Gasteiger partial charge in [0.05, 0.1) is 0 Å². The highest BCUT2D eigenvalue weighted by molar-refractivity contribution is 14.0. The van der Waals surface area contributed by atoms with E-state index in [4.69, 9.17) is 0 Å². The van der Waals surface area contributed by atoms with Gasteiger partial charge >= 0.3 is 0 Å². The standard InChI is InChI=1S/C25H34FN5O.HI/c1-27-25(28-16-19-8-10-21(11-9-19)24(32)30(2)3)29-17-20-12-14-31(15-13-20)18-22-6-4-5-7-23(22)26;/h4-11,20H,12-18H2,1-3H3,(H2,27,28,29);1H. The molecule has 0 unspecified atom stereocenters. The summed E-state index contributed by atoms with van der Waals surface area (Å²) in [6.45, 7) is 4.13. The minimum Gasteiger partial charge on any atom is -0.356 e. The molecule has 0 atom stereocenters. The van der Waals surface area contributed by atoms with Gasteiger partial charge < -0.3 is 15.5 Å². The molecule has 1 amide bonds. The van der Waals surface area contributed by atoms with Crippen LogP contribution < -0.4 is 10.6 Å². The largest absolute Gasteiger partial charge is 0.356 e. The molecule has 0 bridgehead atoms. The van der Waals surface area contributed by atoms with E-state index in [2.05, 4.69) is 20.5 Å². The van der Waals surface area contributed by atoms with E-state index in [0.717, 1.165) is 49.6 Å². The van der Waals surface area contributed by atoms with Gasteiger partial charge in [-0.1, -0.05) is 30.3 Å². The van der Waals surface area contributed by atoms with Crippen LogP contribution in [0.15, 0.2) is 53.5 Å². The number of hydrogen-bond donors (Lipinski definition) is 2. The molecule has 1 fully saturated rings. The summed E-state index contributed by atoms with van der Waals surface area (Å²) in [7, 11) is 5.27. The van der Waals surface area contributed by atoms with Gasteiger partial charge in [0.15, 0.2) is 5.96 Å². The Labute approximate surface area is 213 Å². The summed E-state index contributed by atoms with van der Waals surface area (Å²) in [6.07, 6.45) is 2.17. The molecular weight excluding hydrogens is 532 g/mol. The second kappa shape index (κ2) is 13.5. The van der Waals surface area contributed by atoms with Gasteiger partial charge in [-0.3, -0.25) is 14.7 Å². The molecule has 2 aromatic carbocycles. The predicted molar refractivity (Wildman–Crippen MR) is 142 cm³/mol. The Bertz CT molecular complexity index is 911. The first-order chi connectivity index (χ1) is 15.5. The molecule has 33 heavy (non-hydrogen) atoms. The van der Waals surface area contributed by atoms with Crippen LogP contribution in [0.1, 0.15) is 34.3 Å². The van der Waals surface area contributed by atoms with Crippen molar-refractivity contribution in [3.8, 4) is 0 Å². The van der Waals surface area contributed by atoms with E-state index in [-0.39, 0.29) is 35.7 Å². The fourth-order valence-corrected chi connectivity index (χ4v) is 3.89. The van der Waals surface area contributed by atoms with Crippen LogP contribution in [0.5, 0.6) is 0 Å².